The Balaban J connectivity index is 2.12. The minimum absolute atomic E-state index is 0.00484. The lowest BCUT2D eigenvalue weighted by molar-refractivity contribution is -0.383. The quantitative estimate of drug-likeness (QED) is 0.495. The van der Waals surface area contributed by atoms with Gasteiger partial charge in [-0.05, 0) is 37.3 Å². The molecule has 1 saturated heterocycles. The van der Waals surface area contributed by atoms with Crippen LogP contribution < -0.4 is 5.73 Å². The minimum Gasteiger partial charge on any atom is -0.396 e. The molecule has 7 heteroatoms. The first-order valence-corrected chi connectivity index (χ1v) is 6.97. The van der Waals surface area contributed by atoms with Crippen LogP contribution in [0, 0.1) is 16.0 Å². The summed E-state index contributed by atoms with van der Waals surface area (Å²) in [4.78, 5) is 24.3. The van der Waals surface area contributed by atoms with Gasteiger partial charge in [0.25, 0.3) is 11.6 Å². The largest absolute Gasteiger partial charge is 0.396 e. The Morgan fingerprint density at radius 1 is 1.52 bits per heavy atom. The number of carbonyl (C=O) groups excluding carboxylic acids is 1. The van der Waals surface area contributed by atoms with Gasteiger partial charge in [-0.25, -0.2) is 0 Å². The monoisotopic (exact) mass is 293 g/mol. The molecule has 7 nitrogen and oxygen atoms in total. The fourth-order valence-electron chi connectivity index (χ4n) is 2.70. The molecule has 1 heterocycles. The molecule has 1 atom stereocenters. The fourth-order valence-corrected chi connectivity index (χ4v) is 2.70. The fraction of sp³-hybridized carbons (Fsp3) is 0.500. The number of aliphatic hydroxyl groups excluding tert-OH is 1. The van der Waals surface area contributed by atoms with Gasteiger partial charge in [-0.1, -0.05) is 0 Å². The van der Waals surface area contributed by atoms with E-state index in [2.05, 4.69) is 0 Å². The summed E-state index contributed by atoms with van der Waals surface area (Å²) in [6.07, 6.45) is 2.60. The van der Waals surface area contributed by atoms with Crippen LogP contribution in [0.25, 0.3) is 0 Å². The molecule has 1 fully saturated rings. The Bertz CT molecular complexity index is 545. The first kappa shape index (κ1) is 15.2. The molecule has 0 aliphatic carbocycles. The van der Waals surface area contributed by atoms with Crippen molar-refractivity contribution in [2.75, 3.05) is 25.4 Å². The van der Waals surface area contributed by atoms with Gasteiger partial charge in [0.05, 0.1) is 4.92 Å². The molecule has 0 spiro atoms. The van der Waals surface area contributed by atoms with E-state index in [9.17, 15) is 14.9 Å². The van der Waals surface area contributed by atoms with Crippen molar-refractivity contribution >= 4 is 17.3 Å². The van der Waals surface area contributed by atoms with Crippen molar-refractivity contribution < 1.29 is 14.8 Å². The summed E-state index contributed by atoms with van der Waals surface area (Å²) in [5, 5.41) is 19.7. The maximum atomic E-state index is 12.4. The smallest absolute Gasteiger partial charge is 0.292 e. The maximum absolute atomic E-state index is 12.4. The molecule has 0 aromatic heterocycles. The molecule has 1 amide bonds. The predicted octanol–water partition coefficient (Wildman–Crippen LogP) is 1.41. The van der Waals surface area contributed by atoms with Crippen LogP contribution in [0.15, 0.2) is 18.2 Å². The Labute approximate surface area is 122 Å². The van der Waals surface area contributed by atoms with Gasteiger partial charge in [-0.15, -0.1) is 0 Å². The van der Waals surface area contributed by atoms with Crippen LogP contribution in [0.2, 0.25) is 0 Å². The molecule has 1 aromatic rings. The van der Waals surface area contributed by atoms with E-state index >= 15 is 0 Å². The molecule has 21 heavy (non-hydrogen) atoms. The van der Waals surface area contributed by atoms with Crippen molar-refractivity contribution in [3.63, 3.8) is 0 Å². The lowest BCUT2D eigenvalue weighted by Crippen LogP contribution is -2.40. The number of carbonyl (C=O) groups is 1. The van der Waals surface area contributed by atoms with E-state index in [4.69, 9.17) is 10.8 Å². The molecule has 0 bridgehead atoms. The second-order valence-corrected chi connectivity index (χ2v) is 5.30. The average molecular weight is 293 g/mol. The number of benzene rings is 1. The summed E-state index contributed by atoms with van der Waals surface area (Å²) in [6.45, 7) is 1.39. The van der Waals surface area contributed by atoms with Gasteiger partial charge in [-0.2, -0.15) is 0 Å². The molecule has 1 unspecified atom stereocenters. The van der Waals surface area contributed by atoms with Crippen molar-refractivity contribution in [1.29, 1.82) is 0 Å². The Morgan fingerprint density at radius 2 is 2.29 bits per heavy atom. The van der Waals surface area contributed by atoms with Crippen LogP contribution in [-0.2, 0) is 0 Å². The summed E-state index contributed by atoms with van der Waals surface area (Å²) in [7, 11) is 0. The zero-order valence-electron chi connectivity index (χ0n) is 11.7. The summed E-state index contributed by atoms with van der Waals surface area (Å²) in [5.74, 6) is 0.141. The van der Waals surface area contributed by atoms with E-state index in [0.29, 0.717) is 31.0 Å². The zero-order chi connectivity index (χ0) is 15.4. The predicted molar refractivity (Wildman–Crippen MR) is 77.8 cm³/mol. The molecule has 1 aromatic carbocycles. The first-order chi connectivity index (χ1) is 10.0. The zero-order valence-corrected chi connectivity index (χ0v) is 11.7. The van der Waals surface area contributed by atoms with Crippen molar-refractivity contribution in [1.82, 2.24) is 4.90 Å². The van der Waals surface area contributed by atoms with Crippen molar-refractivity contribution in [3.05, 3.63) is 33.9 Å². The highest BCUT2D eigenvalue weighted by Crippen LogP contribution is 2.25. The highest BCUT2D eigenvalue weighted by Gasteiger charge is 2.25. The van der Waals surface area contributed by atoms with Crippen LogP contribution in [0.3, 0.4) is 0 Å². The van der Waals surface area contributed by atoms with Gasteiger partial charge in [0.15, 0.2) is 0 Å². The van der Waals surface area contributed by atoms with E-state index in [-0.39, 0.29) is 23.9 Å². The standard InChI is InChI=1S/C14H19N3O4/c15-12-8-11(3-4-13(12)17(20)21)14(19)16-6-1-2-10(9-16)5-7-18/h3-4,8,10,18H,1-2,5-7,9,15H2. The number of nitro groups is 1. The number of rotatable bonds is 4. The molecule has 1 aliphatic rings. The Hall–Kier alpha value is -2.15. The number of hydrogen-bond acceptors (Lipinski definition) is 5. The number of hydrogen-bond donors (Lipinski definition) is 2. The number of nitrogens with two attached hydrogens (primary N) is 1. The number of nitrogen functional groups attached to an aromatic ring is 1. The normalized spacial score (nSPS) is 18.5. The Morgan fingerprint density at radius 3 is 2.90 bits per heavy atom. The topological polar surface area (TPSA) is 110 Å². The number of nitrogens with zero attached hydrogens (tertiary/aromatic N) is 2. The van der Waals surface area contributed by atoms with Gasteiger partial charge in [0.2, 0.25) is 0 Å². The van der Waals surface area contributed by atoms with Crippen LogP contribution in [0.4, 0.5) is 11.4 Å². The number of anilines is 1. The van der Waals surface area contributed by atoms with Crippen LogP contribution in [0.5, 0.6) is 0 Å². The van der Waals surface area contributed by atoms with Crippen LogP contribution >= 0.6 is 0 Å². The summed E-state index contributed by atoms with van der Waals surface area (Å²) < 4.78 is 0. The lowest BCUT2D eigenvalue weighted by atomic mass is 9.94. The lowest BCUT2D eigenvalue weighted by Gasteiger charge is -2.32. The Kier molecular flexibility index (Phi) is 4.74. The number of piperidine rings is 1. The maximum Gasteiger partial charge on any atom is 0.292 e. The number of likely N-dealkylation sites (tertiary alicyclic amines) is 1. The number of aliphatic hydroxyl groups is 1. The van der Waals surface area contributed by atoms with Gasteiger partial charge in [0.1, 0.15) is 5.69 Å². The average Bonchev–Trinajstić information content (AvgIpc) is 2.46. The molecular formula is C14H19N3O4. The molecule has 3 N–H and O–H groups in total. The van der Waals surface area contributed by atoms with Gasteiger partial charge >= 0.3 is 0 Å². The van der Waals surface area contributed by atoms with Crippen LogP contribution in [-0.4, -0.2) is 40.5 Å². The van der Waals surface area contributed by atoms with E-state index in [1.165, 1.54) is 18.2 Å². The summed E-state index contributed by atoms with van der Waals surface area (Å²) >= 11 is 0. The van der Waals surface area contributed by atoms with Gasteiger partial charge in [0, 0.05) is 31.3 Å². The van der Waals surface area contributed by atoms with E-state index in [1.807, 2.05) is 0 Å². The molecule has 0 saturated carbocycles. The molecule has 114 valence electrons. The summed E-state index contributed by atoms with van der Waals surface area (Å²) in [6, 6.07) is 4.06. The van der Waals surface area contributed by atoms with Crippen molar-refractivity contribution in [2.45, 2.75) is 19.3 Å². The van der Waals surface area contributed by atoms with Gasteiger partial charge < -0.3 is 15.7 Å². The third-order valence-corrected chi connectivity index (χ3v) is 3.81. The van der Waals surface area contributed by atoms with Crippen LogP contribution in [0.1, 0.15) is 29.6 Å². The molecule has 0 radical (unpaired) electrons. The summed E-state index contributed by atoms with van der Waals surface area (Å²) in [5.41, 5.74) is 5.79. The first-order valence-electron chi connectivity index (χ1n) is 6.97. The van der Waals surface area contributed by atoms with E-state index < -0.39 is 4.92 Å². The number of amides is 1. The minimum atomic E-state index is -0.568. The van der Waals surface area contributed by atoms with E-state index in [1.54, 1.807) is 4.90 Å². The van der Waals surface area contributed by atoms with Crippen molar-refractivity contribution in [2.24, 2.45) is 5.92 Å². The third kappa shape index (κ3) is 3.49. The van der Waals surface area contributed by atoms with Crippen molar-refractivity contribution in [3.8, 4) is 0 Å². The van der Waals surface area contributed by atoms with E-state index in [0.717, 1.165) is 12.8 Å². The molecule has 2 rings (SSSR count). The third-order valence-electron chi connectivity index (χ3n) is 3.81. The number of nitro benzene ring substituents is 1. The second kappa shape index (κ2) is 6.53. The second-order valence-electron chi connectivity index (χ2n) is 5.30. The molecule has 1 aliphatic heterocycles. The SMILES string of the molecule is Nc1cc(C(=O)N2CCCC(CCO)C2)ccc1[N+](=O)[O-]. The van der Waals surface area contributed by atoms with Gasteiger partial charge in [-0.3, -0.25) is 14.9 Å². The molecular weight excluding hydrogens is 274 g/mol. The highest BCUT2D eigenvalue weighted by molar-refractivity contribution is 5.95. The highest BCUT2D eigenvalue weighted by atomic mass is 16.6.